The summed E-state index contributed by atoms with van der Waals surface area (Å²) < 4.78 is 39.5. The third-order valence-corrected chi connectivity index (χ3v) is 5.19. The molecular weight excluding hydrogens is 408 g/mol. The number of nitrogens with two attached hydrogens (primary N) is 1. The van der Waals surface area contributed by atoms with Crippen LogP contribution in [0.4, 0.5) is 5.69 Å². The number of rotatable bonds is 5. The topological polar surface area (TPSA) is 117 Å². The van der Waals surface area contributed by atoms with E-state index in [-0.39, 0.29) is 28.7 Å². The predicted octanol–water partition coefficient (Wildman–Crippen LogP) is 2.34. The average molecular weight is 427 g/mol. The number of hydrogen-bond acceptors (Lipinski definition) is 6. The SMILES string of the molecule is COc1ccc(NC(=O)Cc2cc(Cl)c3c(c2)OCCCO3)cc1S(N)(=O)=O. The molecule has 0 atom stereocenters. The van der Waals surface area contributed by atoms with Gasteiger partial charge >= 0.3 is 0 Å². The Morgan fingerprint density at radius 1 is 1.25 bits per heavy atom. The number of ether oxygens (including phenoxy) is 3. The van der Waals surface area contributed by atoms with Crippen molar-refractivity contribution in [1.29, 1.82) is 0 Å². The van der Waals surface area contributed by atoms with Crippen LogP contribution in [0.15, 0.2) is 35.2 Å². The van der Waals surface area contributed by atoms with E-state index in [0.717, 1.165) is 6.42 Å². The number of amides is 1. The van der Waals surface area contributed by atoms with Crippen molar-refractivity contribution in [3.63, 3.8) is 0 Å². The molecule has 0 aromatic heterocycles. The maximum atomic E-state index is 12.4. The van der Waals surface area contributed by atoms with Crippen LogP contribution >= 0.6 is 11.6 Å². The molecule has 3 rings (SSSR count). The molecule has 2 aromatic carbocycles. The highest BCUT2D eigenvalue weighted by Crippen LogP contribution is 2.38. The van der Waals surface area contributed by atoms with Crippen LogP contribution in [0.2, 0.25) is 5.02 Å². The minimum Gasteiger partial charge on any atom is -0.495 e. The number of fused-ring (bicyclic) bond motifs is 1. The maximum absolute atomic E-state index is 12.4. The summed E-state index contributed by atoms with van der Waals surface area (Å²) in [6.45, 7) is 1.01. The standard InChI is InChI=1S/C18H19ClN2O6S/c1-25-14-4-3-12(10-16(14)28(20,23)24)21-17(22)9-11-7-13(19)18-15(8-11)26-5-2-6-27-18/h3-4,7-8,10H,2,5-6,9H2,1H3,(H,21,22)(H2,20,23,24). The molecule has 10 heteroatoms. The molecule has 0 spiro atoms. The first-order valence-electron chi connectivity index (χ1n) is 8.36. The second-order valence-corrected chi connectivity index (χ2v) is 8.03. The first-order chi connectivity index (χ1) is 13.3. The van der Waals surface area contributed by atoms with E-state index >= 15 is 0 Å². The number of hydrogen-bond donors (Lipinski definition) is 2. The zero-order valence-electron chi connectivity index (χ0n) is 15.0. The molecule has 0 radical (unpaired) electrons. The lowest BCUT2D eigenvalue weighted by Gasteiger charge is -2.12. The van der Waals surface area contributed by atoms with E-state index in [1.165, 1.54) is 25.3 Å². The van der Waals surface area contributed by atoms with Crippen LogP contribution in [0.25, 0.3) is 0 Å². The van der Waals surface area contributed by atoms with Gasteiger partial charge in [0.25, 0.3) is 0 Å². The van der Waals surface area contributed by atoms with Crippen LogP contribution in [0, 0.1) is 0 Å². The van der Waals surface area contributed by atoms with Crippen molar-refractivity contribution in [1.82, 2.24) is 0 Å². The normalized spacial score (nSPS) is 13.5. The monoisotopic (exact) mass is 426 g/mol. The van der Waals surface area contributed by atoms with Gasteiger partial charge in [0.15, 0.2) is 11.5 Å². The number of carbonyl (C=O) groups is 1. The van der Waals surface area contributed by atoms with Gasteiger partial charge in [-0.1, -0.05) is 11.6 Å². The van der Waals surface area contributed by atoms with Gasteiger partial charge in [0.1, 0.15) is 10.6 Å². The average Bonchev–Trinajstić information content (AvgIpc) is 2.86. The summed E-state index contributed by atoms with van der Waals surface area (Å²) >= 11 is 6.24. The van der Waals surface area contributed by atoms with Crippen LogP contribution < -0.4 is 24.7 Å². The van der Waals surface area contributed by atoms with Crippen molar-refractivity contribution >= 4 is 33.2 Å². The van der Waals surface area contributed by atoms with E-state index in [0.29, 0.717) is 35.3 Å². The number of primary sulfonamides is 1. The van der Waals surface area contributed by atoms with Gasteiger partial charge in [0, 0.05) is 12.1 Å². The van der Waals surface area contributed by atoms with Crippen molar-refractivity contribution < 1.29 is 27.4 Å². The molecule has 3 N–H and O–H groups in total. The summed E-state index contributed by atoms with van der Waals surface area (Å²) in [5, 5.41) is 8.19. The lowest BCUT2D eigenvalue weighted by molar-refractivity contribution is -0.115. The van der Waals surface area contributed by atoms with E-state index in [4.69, 9.17) is 31.0 Å². The summed E-state index contributed by atoms with van der Waals surface area (Å²) in [4.78, 5) is 12.2. The van der Waals surface area contributed by atoms with Gasteiger partial charge in [-0.15, -0.1) is 0 Å². The highest BCUT2D eigenvalue weighted by molar-refractivity contribution is 7.89. The zero-order valence-corrected chi connectivity index (χ0v) is 16.6. The van der Waals surface area contributed by atoms with E-state index in [1.54, 1.807) is 12.1 Å². The summed E-state index contributed by atoms with van der Waals surface area (Å²) in [6, 6.07) is 7.52. The molecule has 0 saturated heterocycles. The van der Waals surface area contributed by atoms with Gasteiger partial charge in [-0.2, -0.15) is 0 Å². The molecule has 0 unspecified atom stereocenters. The fourth-order valence-electron chi connectivity index (χ4n) is 2.75. The molecule has 1 heterocycles. The van der Waals surface area contributed by atoms with Crippen molar-refractivity contribution in [3.05, 3.63) is 40.9 Å². The van der Waals surface area contributed by atoms with Crippen LogP contribution in [0.1, 0.15) is 12.0 Å². The molecule has 8 nitrogen and oxygen atoms in total. The molecule has 0 saturated carbocycles. The van der Waals surface area contributed by atoms with Crippen LogP contribution in [0.5, 0.6) is 17.2 Å². The quantitative estimate of drug-likeness (QED) is 0.757. The van der Waals surface area contributed by atoms with Crippen LogP contribution in [-0.2, 0) is 21.2 Å². The van der Waals surface area contributed by atoms with Gasteiger partial charge in [0.05, 0.1) is 31.8 Å². The van der Waals surface area contributed by atoms with Crippen molar-refractivity contribution in [2.45, 2.75) is 17.7 Å². The van der Waals surface area contributed by atoms with E-state index in [2.05, 4.69) is 5.32 Å². The molecule has 1 aliphatic rings. The van der Waals surface area contributed by atoms with E-state index in [1.807, 2.05) is 0 Å². The fourth-order valence-corrected chi connectivity index (χ4v) is 3.76. The number of carbonyl (C=O) groups excluding carboxylic acids is 1. The highest BCUT2D eigenvalue weighted by atomic mass is 35.5. The third kappa shape index (κ3) is 4.67. The van der Waals surface area contributed by atoms with Crippen molar-refractivity contribution in [2.24, 2.45) is 5.14 Å². The maximum Gasteiger partial charge on any atom is 0.241 e. The minimum absolute atomic E-state index is 0.00704. The third-order valence-electron chi connectivity index (χ3n) is 3.98. The largest absolute Gasteiger partial charge is 0.495 e. The molecule has 150 valence electrons. The van der Waals surface area contributed by atoms with Gasteiger partial charge in [0.2, 0.25) is 15.9 Å². The van der Waals surface area contributed by atoms with Crippen molar-refractivity contribution in [3.8, 4) is 17.2 Å². The molecular formula is C18H19ClN2O6S. The number of halogens is 1. The number of nitrogens with one attached hydrogen (secondary N) is 1. The fraction of sp³-hybridized carbons (Fsp3) is 0.278. The zero-order chi connectivity index (χ0) is 20.3. The van der Waals surface area contributed by atoms with Crippen LogP contribution in [0.3, 0.4) is 0 Å². The van der Waals surface area contributed by atoms with Gasteiger partial charge in [-0.05, 0) is 35.9 Å². The van der Waals surface area contributed by atoms with Crippen LogP contribution in [-0.4, -0.2) is 34.6 Å². The number of sulfonamides is 1. The Balaban J connectivity index is 1.78. The Hall–Kier alpha value is -2.49. The van der Waals surface area contributed by atoms with Gasteiger partial charge < -0.3 is 19.5 Å². The second-order valence-electron chi connectivity index (χ2n) is 6.09. The minimum atomic E-state index is -4.01. The van der Waals surface area contributed by atoms with Gasteiger partial charge in [-0.25, -0.2) is 13.6 Å². The summed E-state index contributed by atoms with van der Waals surface area (Å²) in [5.74, 6) is 0.691. The predicted molar refractivity (Wildman–Crippen MR) is 104 cm³/mol. The lowest BCUT2D eigenvalue weighted by Crippen LogP contribution is -2.17. The first-order valence-corrected chi connectivity index (χ1v) is 10.3. The molecule has 0 fully saturated rings. The molecule has 1 aliphatic heterocycles. The Kier molecular flexibility index (Phi) is 5.97. The summed E-state index contributed by atoms with van der Waals surface area (Å²) in [7, 11) is -2.68. The van der Waals surface area contributed by atoms with E-state index < -0.39 is 10.0 Å². The Labute approximate surface area is 167 Å². The first kappa shape index (κ1) is 20.2. The Morgan fingerprint density at radius 3 is 2.71 bits per heavy atom. The number of methoxy groups -OCH3 is 1. The number of anilines is 1. The summed E-state index contributed by atoms with van der Waals surface area (Å²) in [6.07, 6.45) is 0.748. The van der Waals surface area contributed by atoms with E-state index in [9.17, 15) is 13.2 Å². The lowest BCUT2D eigenvalue weighted by atomic mass is 10.1. The molecule has 1 amide bonds. The van der Waals surface area contributed by atoms with Gasteiger partial charge in [-0.3, -0.25) is 4.79 Å². The Morgan fingerprint density at radius 2 is 2.00 bits per heavy atom. The molecule has 28 heavy (non-hydrogen) atoms. The Bertz CT molecular complexity index is 1010. The number of benzene rings is 2. The smallest absolute Gasteiger partial charge is 0.241 e. The molecule has 0 aliphatic carbocycles. The molecule has 0 bridgehead atoms. The molecule has 2 aromatic rings. The summed E-state index contributed by atoms with van der Waals surface area (Å²) in [5.41, 5.74) is 0.905. The highest BCUT2D eigenvalue weighted by Gasteiger charge is 2.18. The second kappa shape index (κ2) is 8.26. The van der Waals surface area contributed by atoms with Crippen molar-refractivity contribution in [2.75, 3.05) is 25.6 Å².